The predicted molar refractivity (Wildman–Crippen MR) is 57.2 cm³/mol. The maximum absolute atomic E-state index is 11.4. The summed E-state index contributed by atoms with van der Waals surface area (Å²) in [5.74, 6) is 2.81. The minimum Gasteiger partial charge on any atom is -0.354 e. The smallest absolute Gasteiger partial charge is 0.238 e. The summed E-state index contributed by atoms with van der Waals surface area (Å²) >= 11 is 1.79. The summed E-state index contributed by atoms with van der Waals surface area (Å²) in [5, 5.41) is 6.12. The van der Waals surface area contributed by atoms with E-state index in [1.54, 1.807) is 11.8 Å². The molecule has 2 rings (SSSR count). The Bertz CT molecular complexity index is 181. The molecule has 2 fully saturated rings. The Kier molecular flexibility index (Phi) is 4.35. The average molecular weight is 223 g/mol. The van der Waals surface area contributed by atoms with Crippen LogP contribution in [0.25, 0.3) is 0 Å². The number of carbonyl (C=O) groups is 1. The van der Waals surface area contributed by atoms with Crippen molar-refractivity contribution >= 4 is 30.1 Å². The number of thioether (sulfide) groups is 1. The van der Waals surface area contributed by atoms with Gasteiger partial charge in [-0.25, -0.2) is 0 Å². The third-order valence-corrected chi connectivity index (χ3v) is 3.23. The van der Waals surface area contributed by atoms with Crippen molar-refractivity contribution in [3.05, 3.63) is 0 Å². The highest BCUT2D eigenvalue weighted by atomic mass is 35.5. The van der Waals surface area contributed by atoms with Crippen LogP contribution in [0.1, 0.15) is 12.8 Å². The second-order valence-corrected chi connectivity index (χ2v) is 4.49. The van der Waals surface area contributed by atoms with Gasteiger partial charge in [-0.2, -0.15) is 0 Å². The van der Waals surface area contributed by atoms with Crippen molar-refractivity contribution in [1.29, 1.82) is 0 Å². The SMILES string of the molecule is Cl.O=C(NCC1CC1)[C@H]1CSCN1. The lowest BCUT2D eigenvalue weighted by molar-refractivity contribution is -0.122. The van der Waals surface area contributed by atoms with Crippen molar-refractivity contribution in [3.63, 3.8) is 0 Å². The zero-order chi connectivity index (χ0) is 8.39. The van der Waals surface area contributed by atoms with Gasteiger partial charge in [0, 0.05) is 18.2 Å². The van der Waals surface area contributed by atoms with Crippen LogP contribution in [0.15, 0.2) is 0 Å². The van der Waals surface area contributed by atoms with Gasteiger partial charge >= 0.3 is 0 Å². The Morgan fingerprint density at radius 3 is 2.85 bits per heavy atom. The van der Waals surface area contributed by atoms with Crippen LogP contribution in [-0.2, 0) is 4.79 Å². The molecule has 76 valence electrons. The average Bonchev–Trinajstić information content (AvgIpc) is 2.74. The van der Waals surface area contributed by atoms with Crippen LogP contribution >= 0.6 is 24.2 Å². The lowest BCUT2D eigenvalue weighted by atomic mass is 10.3. The van der Waals surface area contributed by atoms with E-state index in [2.05, 4.69) is 10.6 Å². The molecule has 1 saturated carbocycles. The summed E-state index contributed by atoms with van der Waals surface area (Å²) in [6, 6.07) is 0.0637. The molecule has 0 bridgehead atoms. The summed E-state index contributed by atoms with van der Waals surface area (Å²) < 4.78 is 0. The fourth-order valence-electron chi connectivity index (χ4n) is 1.25. The summed E-state index contributed by atoms with van der Waals surface area (Å²) in [6.07, 6.45) is 2.60. The molecule has 0 aromatic rings. The number of amides is 1. The van der Waals surface area contributed by atoms with E-state index in [1.807, 2.05) is 0 Å². The van der Waals surface area contributed by atoms with E-state index in [1.165, 1.54) is 12.8 Å². The molecule has 1 aliphatic heterocycles. The standard InChI is InChI=1S/C8H14N2OS.ClH/c11-8(7-4-12-5-10-7)9-3-6-1-2-6;/h6-7,10H,1-5H2,(H,9,11);1H/t7-;/m1./s1. The van der Waals surface area contributed by atoms with Gasteiger partial charge < -0.3 is 5.32 Å². The maximum Gasteiger partial charge on any atom is 0.238 e. The van der Waals surface area contributed by atoms with Crippen molar-refractivity contribution in [2.75, 3.05) is 18.2 Å². The van der Waals surface area contributed by atoms with Crippen LogP contribution in [0.5, 0.6) is 0 Å². The van der Waals surface area contributed by atoms with Crippen LogP contribution < -0.4 is 10.6 Å². The second kappa shape index (κ2) is 5.08. The van der Waals surface area contributed by atoms with Crippen LogP contribution in [0.4, 0.5) is 0 Å². The third kappa shape index (κ3) is 3.37. The second-order valence-electron chi connectivity index (χ2n) is 3.46. The molecule has 0 radical (unpaired) electrons. The van der Waals surface area contributed by atoms with Gasteiger partial charge in [0.1, 0.15) is 0 Å². The number of carbonyl (C=O) groups excluding carboxylic acids is 1. The van der Waals surface area contributed by atoms with E-state index in [0.29, 0.717) is 0 Å². The van der Waals surface area contributed by atoms with Gasteiger partial charge in [-0.1, -0.05) is 0 Å². The summed E-state index contributed by atoms with van der Waals surface area (Å²) in [6.45, 7) is 0.891. The Morgan fingerprint density at radius 1 is 1.54 bits per heavy atom. The van der Waals surface area contributed by atoms with Gasteiger partial charge in [0.25, 0.3) is 0 Å². The molecule has 3 nitrogen and oxygen atoms in total. The van der Waals surface area contributed by atoms with Gasteiger partial charge in [0.15, 0.2) is 0 Å². The molecule has 1 heterocycles. The molecular weight excluding hydrogens is 208 g/mol. The van der Waals surface area contributed by atoms with Gasteiger partial charge in [-0.05, 0) is 18.8 Å². The number of hydrogen-bond donors (Lipinski definition) is 2. The predicted octanol–water partition coefficient (Wildman–Crippen LogP) is 0.597. The van der Waals surface area contributed by atoms with Crippen molar-refractivity contribution < 1.29 is 4.79 Å². The van der Waals surface area contributed by atoms with Crippen molar-refractivity contribution in [2.45, 2.75) is 18.9 Å². The fraction of sp³-hybridized carbons (Fsp3) is 0.875. The normalized spacial score (nSPS) is 26.6. The highest BCUT2D eigenvalue weighted by molar-refractivity contribution is 7.99. The molecule has 0 unspecified atom stereocenters. The lowest BCUT2D eigenvalue weighted by Crippen LogP contribution is -2.42. The minimum absolute atomic E-state index is 0. The lowest BCUT2D eigenvalue weighted by Gasteiger charge is -2.09. The monoisotopic (exact) mass is 222 g/mol. The highest BCUT2D eigenvalue weighted by Crippen LogP contribution is 2.27. The Balaban J connectivity index is 0.000000845. The Hall–Kier alpha value is 0.0700. The molecule has 1 saturated heterocycles. The van der Waals surface area contributed by atoms with Crippen molar-refractivity contribution in [2.24, 2.45) is 5.92 Å². The van der Waals surface area contributed by atoms with E-state index >= 15 is 0 Å². The molecule has 5 heteroatoms. The Labute approximate surface area is 88.8 Å². The van der Waals surface area contributed by atoms with Gasteiger partial charge in [0.05, 0.1) is 6.04 Å². The molecule has 0 spiro atoms. The van der Waals surface area contributed by atoms with Gasteiger partial charge in [-0.3, -0.25) is 10.1 Å². The van der Waals surface area contributed by atoms with Crippen molar-refractivity contribution in [3.8, 4) is 0 Å². The first kappa shape index (κ1) is 11.1. The zero-order valence-corrected chi connectivity index (χ0v) is 9.05. The molecule has 1 atom stereocenters. The maximum atomic E-state index is 11.4. The topological polar surface area (TPSA) is 41.1 Å². The molecule has 0 aromatic carbocycles. The number of halogens is 1. The van der Waals surface area contributed by atoms with E-state index in [9.17, 15) is 4.79 Å². The largest absolute Gasteiger partial charge is 0.354 e. The minimum atomic E-state index is 0. The van der Waals surface area contributed by atoms with E-state index in [0.717, 1.165) is 24.1 Å². The number of nitrogens with one attached hydrogen (secondary N) is 2. The first-order chi connectivity index (χ1) is 5.86. The van der Waals surface area contributed by atoms with Crippen LogP contribution in [0.2, 0.25) is 0 Å². The number of rotatable bonds is 3. The molecular formula is C8H15ClN2OS. The summed E-state index contributed by atoms with van der Waals surface area (Å²) in [4.78, 5) is 11.4. The molecule has 2 aliphatic rings. The molecule has 1 amide bonds. The highest BCUT2D eigenvalue weighted by Gasteiger charge is 2.25. The van der Waals surface area contributed by atoms with Crippen LogP contribution in [0.3, 0.4) is 0 Å². The van der Waals surface area contributed by atoms with Crippen LogP contribution in [-0.4, -0.2) is 30.1 Å². The number of hydrogen-bond acceptors (Lipinski definition) is 3. The Morgan fingerprint density at radius 2 is 2.31 bits per heavy atom. The first-order valence-electron chi connectivity index (χ1n) is 4.45. The molecule has 2 N–H and O–H groups in total. The van der Waals surface area contributed by atoms with Gasteiger partial charge in [0.2, 0.25) is 5.91 Å². The molecule has 1 aliphatic carbocycles. The van der Waals surface area contributed by atoms with E-state index < -0.39 is 0 Å². The molecule has 13 heavy (non-hydrogen) atoms. The fourth-order valence-corrected chi connectivity index (χ4v) is 2.20. The summed E-state index contributed by atoms with van der Waals surface area (Å²) in [7, 11) is 0. The third-order valence-electron chi connectivity index (χ3n) is 2.29. The van der Waals surface area contributed by atoms with Crippen molar-refractivity contribution in [1.82, 2.24) is 10.6 Å². The van der Waals surface area contributed by atoms with Gasteiger partial charge in [-0.15, -0.1) is 24.2 Å². The summed E-state index contributed by atoms with van der Waals surface area (Å²) in [5.41, 5.74) is 0. The van der Waals surface area contributed by atoms with E-state index in [4.69, 9.17) is 0 Å². The molecule has 0 aromatic heterocycles. The quantitative estimate of drug-likeness (QED) is 0.735. The van der Waals surface area contributed by atoms with E-state index in [-0.39, 0.29) is 24.4 Å². The van der Waals surface area contributed by atoms with Crippen LogP contribution in [0, 0.1) is 5.92 Å². The first-order valence-corrected chi connectivity index (χ1v) is 5.60. The zero-order valence-electron chi connectivity index (χ0n) is 7.41.